The maximum absolute atomic E-state index is 10.6. The molecule has 1 rings (SSSR count). The Hall–Kier alpha value is -1.08. The van der Waals surface area contributed by atoms with Gasteiger partial charge in [-0.15, -0.1) is 0 Å². The van der Waals surface area contributed by atoms with Crippen LogP contribution < -0.4 is 9.86 Å². The van der Waals surface area contributed by atoms with Crippen molar-refractivity contribution in [3.05, 3.63) is 11.4 Å². The molecule has 1 aromatic rings. The Morgan fingerprint density at radius 3 is 2.42 bits per heavy atom. The zero-order valence-electron chi connectivity index (χ0n) is 6.75. The molecule has 0 bridgehead atoms. The van der Waals surface area contributed by atoms with Crippen LogP contribution >= 0.6 is 0 Å². The molecule has 0 saturated carbocycles. The second-order valence-electron chi connectivity index (χ2n) is 2.46. The molecule has 68 valence electrons. The van der Waals surface area contributed by atoms with Crippen LogP contribution in [0.25, 0.3) is 0 Å². The number of hydrogen-bond acceptors (Lipinski definition) is 3. The molecular formula is C5H10N4O2S. The minimum Gasteiger partial charge on any atom is -0.280 e. The summed E-state index contributed by atoms with van der Waals surface area (Å²) in [5, 5.41) is 11.2. The van der Waals surface area contributed by atoms with Gasteiger partial charge in [-0.2, -0.15) is 13.5 Å². The highest BCUT2D eigenvalue weighted by molar-refractivity contribution is 7.90. The molecular weight excluding hydrogens is 180 g/mol. The number of H-pyrrole nitrogens is 1. The van der Waals surface area contributed by atoms with E-state index >= 15 is 0 Å². The molecule has 0 unspecified atom stereocenters. The molecule has 4 N–H and O–H groups in total. The van der Waals surface area contributed by atoms with E-state index < -0.39 is 10.2 Å². The number of anilines is 1. The second kappa shape index (κ2) is 2.76. The predicted octanol–water partition coefficient (Wildman–Crippen LogP) is -0.358. The van der Waals surface area contributed by atoms with Crippen LogP contribution in [0.3, 0.4) is 0 Å². The van der Waals surface area contributed by atoms with Crippen LogP contribution in [0.4, 0.5) is 5.69 Å². The van der Waals surface area contributed by atoms with E-state index in [1.807, 2.05) is 0 Å². The highest BCUT2D eigenvalue weighted by atomic mass is 32.2. The number of rotatable bonds is 2. The number of hydrogen-bond donors (Lipinski definition) is 3. The lowest BCUT2D eigenvalue weighted by Gasteiger charge is -2.01. The summed E-state index contributed by atoms with van der Waals surface area (Å²) in [4.78, 5) is 0. The maximum Gasteiger partial charge on any atom is 0.296 e. The summed E-state index contributed by atoms with van der Waals surface area (Å²) in [7, 11) is -3.70. The topological polar surface area (TPSA) is 101 Å². The Bertz CT molecular complexity index is 361. The van der Waals surface area contributed by atoms with Crippen molar-refractivity contribution in [2.75, 3.05) is 4.72 Å². The third kappa shape index (κ3) is 1.95. The minimum absolute atomic E-state index is 0.414. The van der Waals surface area contributed by atoms with Gasteiger partial charge in [0.2, 0.25) is 0 Å². The maximum atomic E-state index is 10.6. The summed E-state index contributed by atoms with van der Waals surface area (Å²) >= 11 is 0. The normalized spacial score (nSPS) is 11.6. The molecule has 1 heterocycles. The number of nitrogens with one attached hydrogen (secondary N) is 2. The average molecular weight is 190 g/mol. The molecule has 0 amide bonds. The third-order valence-corrected chi connectivity index (χ3v) is 1.86. The molecule has 1 aromatic heterocycles. The van der Waals surface area contributed by atoms with Gasteiger partial charge in [0, 0.05) is 0 Å². The van der Waals surface area contributed by atoms with Crippen molar-refractivity contribution in [3.63, 3.8) is 0 Å². The van der Waals surface area contributed by atoms with Crippen LogP contribution in [0.15, 0.2) is 0 Å². The lowest BCUT2D eigenvalue weighted by molar-refractivity contribution is 0.603. The van der Waals surface area contributed by atoms with Crippen molar-refractivity contribution in [1.82, 2.24) is 10.2 Å². The zero-order chi connectivity index (χ0) is 9.35. The molecule has 12 heavy (non-hydrogen) atoms. The number of aromatic nitrogens is 2. The molecule has 7 heteroatoms. The minimum atomic E-state index is -3.70. The molecule has 0 aliphatic carbocycles. The molecule has 0 saturated heterocycles. The Balaban J connectivity index is 3.04. The van der Waals surface area contributed by atoms with Crippen LogP contribution in [-0.2, 0) is 10.2 Å². The van der Waals surface area contributed by atoms with Gasteiger partial charge in [0.25, 0.3) is 10.2 Å². The van der Waals surface area contributed by atoms with Crippen molar-refractivity contribution in [2.45, 2.75) is 13.8 Å². The first-order chi connectivity index (χ1) is 5.40. The predicted molar refractivity (Wildman–Crippen MR) is 44.8 cm³/mol. The first kappa shape index (κ1) is 9.01. The van der Waals surface area contributed by atoms with Gasteiger partial charge < -0.3 is 0 Å². The first-order valence-corrected chi connectivity index (χ1v) is 4.77. The van der Waals surface area contributed by atoms with E-state index in [-0.39, 0.29) is 0 Å². The van der Waals surface area contributed by atoms with Crippen LogP contribution in [0.2, 0.25) is 0 Å². The fraction of sp³-hybridized carbons (Fsp3) is 0.400. The van der Waals surface area contributed by atoms with Gasteiger partial charge in [-0.3, -0.25) is 9.82 Å². The molecule has 0 spiro atoms. The fourth-order valence-corrected chi connectivity index (χ4v) is 1.43. The smallest absolute Gasteiger partial charge is 0.280 e. The van der Waals surface area contributed by atoms with E-state index in [0.29, 0.717) is 17.1 Å². The SMILES string of the molecule is Cc1n[nH]c(C)c1NS(N)(=O)=O. The molecule has 0 radical (unpaired) electrons. The largest absolute Gasteiger partial charge is 0.296 e. The van der Waals surface area contributed by atoms with E-state index in [0.717, 1.165) is 0 Å². The Morgan fingerprint density at radius 1 is 1.50 bits per heavy atom. The van der Waals surface area contributed by atoms with E-state index in [9.17, 15) is 8.42 Å². The van der Waals surface area contributed by atoms with Gasteiger partial charge >= 0.3 is 0 Å². The van der Waals surface area contributed by atoms with E-state index in [2.05, 4.69) is 14.9 Å². The third-order valence-electron chi connectivity index (χ3n) is 1.37. The summed E-state index contributed by atoms with van der Waals surface area (Å²) in [5.74, 6) is 0. The lowest BCUT2D eigenvalue weighted by atomic mass is 10.3. The zero-order valence-corrected chi connectivity index (χ0v) is 7.57. The quantitative estimate of drug-likeness (QED) is 0.593. The van der Waals surface area contributed by atoms with Crippen LogP contribution in [-0.4, -0.2) is 18.6 Å². The average Bonchev–Trinajstić information content (AvgIpc) is 2.16. The monoisotopic (exact) mass is 190 g/mol. The number of aryl methyl sites for hydroxylation is 2. The summed E-state index contributed by atoms with van der Waals surface area (Å²) in [5.41, 5.74) is 1.63. The van der Waals surface area contributed by atoms with Gasteiger partial charge in [-0.25, -0.2) is 5.14 Å². The van der Waals surface area contributed by atoms with Gasteiger partial charge in [-0.1, -0.05) is 0 Å². The molecule has 0 aromatic carbocycles. The standard InChI is InChI=1S/C5H10N4O2S/c1-3-5(4(2)8-7-3)9-12(6,10)11/h9H,1-2H3,(H,7,8)(H2,6,10,11). The van der Waals surface area contributed by atoms with Gasteiger partial charge in [0.1, 0.15) is 0 Å². The van der Waals surface area contributed by atoms with Crippen molar-refractivity contribution >= 4 is 15.9 Å². The molecule has 0 aliphatic rings. The fourth-order valence-electron chi connectivity index (χ4n) is 0.844. The van der Waals surface area contributed by atoms with Crippen LogP contribution in [0.5, 0.6) is 0 Å². The molecule has 0 fully saturated rings. The van der Waals surface area contributed by atoms with E-state index in [1.165, 1.54) is 0 Å². The van der Waals surface area contributed by atoms with Crippen molar-refractivity contribution in [3.8, 4) is 0 Å². The second-order valence-corrected chi connectivity index (χ2v) is 3.75. The highest BCUT2D eigenvalue weighted by Gasteiger charge is 2.10. The number of nitrogens with zero attached hydrogens (tertiary/aromatic N) is 1. The number of nitrogens with two attached hydrogens (primary N) is 1. The summed E-state index contributed by atoms with van der Waals surface area (Å²) in [6, 6.07) is 0. The van der Waals surface area contributed by atoms with Crippen molar-refractivity contribution in [1.29, 1.82) is 0 Å². The van der Waals surface area contributed by atoms with Gasteiger partial charge in [-0.05, 0) is 13.8 Å². The van der Waals surface area contributed by atoms with E-state index in [1.54, 1.807) is 13.8 Å². The van der Waals surface area contributed by atoms with Crippen LogP contribution in [0.1, 0.15) is 11.4 Å². The summed E-state index contributed by atoms with van der Waals surface area (Å²) in [6.07, 6.45) is 0. The highest BCUT2D eigenvalue weighted by Crippen LogP contribution is 2.16. The van der Waals surface area contributed by atoms with E-state index in [4.69, 9.17) is 5.14 Å². The summed E-state index contributed by atoms with van der Waals surface area (Å²) in [6.45, 7) is 3.38. The van der Waals surface area contributed by atoms with Crippen LogP contribution in [0, 0.1) is 13.8 Å². The molecule has 6 nitrogen and oxygen atoms in total. The molecule has 0 atom stereocenters. The summed E-state index contributed by atoms with van der Waals surface area (Å²) < 4.78 is 23.4. The lowest BCUT2D eigenvalue weighted by Crippen LogP contribution is -2.22. The Labute approximate surface area is 70.3 Å². The molecule has 0 aliphatic heterocycles. The number of aromatic amines is 1. The van der Waals surface area contributed by atoms with Crippen molar-refractivity contribution < 1.29 is 8.42 Å². The van der Waals surface area contributed by atoms with Gasteiger partial charge in [0.15, 0.2) is 0 Å². The van der Waals surface area contributed by atoms with Gasteiger partial charge in [0.05, 0.1) is 17.1 Å². The Kier molecular flexibility index (Phi) is 2.07. The Morgan fingerprint density at radius 2 is 2.08 bits per heavy atom. The first-order valence-electron chi connectivity index (χ1n) is 3.22. The van der Waals surface area contributed by atoms with Crippen molar-refractivity contribution in [2.24, 2.45) is 5.14 Å².